The van der Waals surface area contributed by atoms with Crippen LogP contribution in [0.1, 0.15) is 13.8 Å². The minimum Gasteiger partial charge on any atom is -0.290 e. The van der Waals surface area contributed by atoms with Gasteiger partial charge in [0.2, 0.25) is 0 Å². The van der Waals surface area contributed by atoms with Gasteiger partial charge in [-0.25, -0.2) is 0 Å². The molecule has 0 radical (unpaired) electrons. The number of hydrogen-bond acceptors (Lipinski definition) is 2. The lowest BCUT2D eigenvalue weighted by Gasteiger charge is -2.16. The zero-order valence-corrected chi connectivity index (χ0v) is 8.78. The molecule has 0 aromatic heterocycles. The summed E-state index contributed by atoms with van der Waals surface area (Å²) in [6.07, 6.45) is 9.10. The minimum absolute atomic E-state index is 0.00620. The van der Waals surface area contributed by atoms with Gasteiger partial charge in [-0.15, -0.1) is 0 Å². The van der Waals surface area contributed by atoms with E-state index in [1.165, 1.54) is 6.08 Å². The molecule has 2 aliphatic rings. The zero-order valence-electron chi connectivity index (χ0n) is 8.78. The van der Waals surface area contributed by atoms with Crippen molar-refractivity contribution in [1.29, 1.82) is 0 Å². The first kappa shape index (κ1) is 9.84. The standard InChI is InChI=1S/C13H12O2/c1-8-9(2)13(15)11(7-12(8)14)10-5-3-4-6-10/h3-7,10H,1-2H3. The van der Waals surface area contributed by atoms with Crippen molar-refractivity contribution >= 4 is 11.6 Å². The van der Waals surface area contributed by atoms with Crippen molar-refractivity contribution in [3.05, 3.63) is 47.1 Å². The summed E-state index contributed by atoms with van der Waals surface area (Å²) < 4.78 is 0. The van der Waals surface area contributed by atoms with Gasteiger partial charge in [0.1, 0.15) is 0 Å². The number of carbonyl (C=O) groups excluding carboxylic acids is 2. The summed E-state index contributed by atoms with van der Waals surface area (Å²) in [7, 11) is 0. The summed E-state index contributed by atoms with van der Waals surface area (Å²) in [6, 6.07) is 0. The van der Waals surface area contributed by atoms with Crippen LogP contribution in [0.5, 0.6) is 0 Å². The van der Waals surface area contributed by atoms with Gasteiger partial charge in [0.15, 0.2) is 11.6 Å². The molecule has 2 rings (SSSR count). The molecule has 0 fully saturated rings. The average molecular weight is 200 g/mol. The van der Waals surface area contributed by atoms with Crippen LogP contribution in [-0.4, -0.2) is 11.6 Å². The Morgan fingerprint density at radius 3 is 2.20 bits per heavy atom. The van der Waals surface area contributed by atoms with E-state index in [-0.39, 0.29) is 17.5 Å². The number of allylic oxidation sites excluding steroid dienone is 8. The van der Waals surface area contributed by atoms with Crippen LogP contribution in [0.3, 0.4) is 0 Å². The molecular weight excluding hydrogens is 188 g/mol. The first-order chi connectivity index (χ1) is 7.11. The van der Waals surface area contributed by atoms with Gasteiger partial charge < -0.3 is 0 Å². The maximum Gasteiger partial charge on any atom is 0.186 e. The van der Waals surface area contributed by atoms with Crippen LogP contribution in [0, 0.1) is 5.92 Å². The summed E-state index contributed by atoms with van der Waals surface area (Å²) in [5, 5.41) is 0. The number of hydrogen-bond donors (Lipinski definition) is 0. The number of ketones is 2. The summed E-state index contributed by atoms with van der Waals surface area (Å²) in [4.78, 5) is 23.5. The zero-order chi connectivity index (χ0) is 11.0. The Kier molecular flexibility index (Phi) is 2.27. The first-order valence-electron chi connectivity index (χ1n) is 4.94. The van der Waals surface area contributed by atoms with E-state index in [4.69, 9.17) is 0 Å². The summed E-state index contributed by atoms with van der Waals surface area (Å²) in [5.41, 5.74) is 1.73. The third kappa shape index (κ3) is 1.52. The van der Waals surface area contributed by atoms with E-state index < -0.39 is 0 Å². The van der Waals surface area contributed by atoms with E-state index in [1.807, 2.05) is 24.3 Å². The van der Waals surface area contributed by atoms with Crippen LogP contribution >= 0.6 is 0 Å². The molecule has 0 aliphatic heterocycles. The molecule has 0 saturated carbocycles. The fourth-order valence-corrected chi connectivity index (χ4v) is 1.77. The molecule has 0 aromatic rings. The molecule has 0 amide bonds. The van der Waals surface area contributed by atoms with Gasteiger partial charge in [-0.3, -0.25) is 9.59 Å². The largest absolute Gasteiger partial charge is 0.290 e. The minimum atomic E-state index is -0.0456. The quantitative estimate of drug-likeness (QED) is 0.608. The molecule has 0 spiro atoms. The summed E-state index contributed by atoms with van der Waals surface area (Å²) in [5.74, 6) is -0.0754. The highest BCUT2D eigenvalue weighted by Crippen LogP contribution is 2.27. The van der Waals surface area contributed by atoms with Crippen molar-refractivity contribution < 1.29 is 9.59 Å². The van der Waals surface area contributed by atoms with E-state index in [2.05, 4.69) is 0 Å². The normalized spacial score (nSPS) is 21.6. The summed E-state index contributed by atoms with van der Waals surface area (Å²) in [6.45, 7) is 3.41. The third-order valence-corrected chi connectivity index (χ3v) is 2.93. The number of Topliss-reactive ketones (excluding diaryl/α,β-unsaturated/α-hetero) is 1. The molecule has 0 aromatic carbocycles. The number of rotatable bonds is 1. The molecule has 0 heterocycles. The Labute approximate surface area is 88.7 Å². The van der Waals surface area contributed by atoms with Gasteiger partial charge in [-0.05, 0) is 19.9 Å². The predicted octanol–water partition coefficient (Wildman–Crippen LogP) is 2.14. The van der Waals surface area contributed by atoms with Crippen molar-refractivity contribution in [1.82, 2.24) is 0 Å². The molecular formula is C13H12O2. The Morgan fingerprint density at radius 2 is 1.60 bits per heavy atom. The summed E-state index contributed by atoms with van der Waals surface area (Å²) >= 11 is 0. The van der Waals surface area contributed by atoms with Gasteiger partial charge in [0, 0.05) is 22.6 Å². The fourth-order valence-electron chi connectivity index (χ4n) is 1.77. The van der Waals surface area contributed by atoms with Gasteiger partial charge in [-0.2, -0.15) is 0 Å². The topological polar surface area (TPSA) is 34.1 Å². The van der Waals surface area contributed by atoms with Crippen LogP contribution in [-0.2, 0) is 9.59 Å². The molecule has 2 aliphatic carbocycles. The Balaban J connectivity index is 2.40. The van der Waals surface area contributed by atoms with E-state index in [0.29, 0.717) is 16.7 Å². The fraction of sp³-hybridized carbons (Fsp3) is 0.231. The van der Waals surface area contributed by atoms with Crippen molar-refractivity contribution in [2.24, 2.45) is 5.92 Å². The Bertz CT molecular complexity index is 447. The lowest BCUT2D eigenvalue weighted by Crippen LogP contribution is -2.19. The highest BCUT2D eigenvalue weighted by atomic mass is 16.1. The Morgan fingerprint density at radius 1 is 1.00 bits per heavy atom. The molecule has 15 heavy (non-hydrogen) atoms. The van der Waals surface area contributed by atoms with Gasteiger partial charge >= 0.3 is 0 Å². The van der Waals surface area contributed by atoms with Crippen molar-refractivity contribution in [2.45, 2.75) is 13.8 Å². The first-order valence-corrected chi connectivity index (χ1v) is 4.94. The lowest BCUT2D eigenvalue weighted by molar-refractivity contribution is -0.116. The molecule has 0 N–H and O–H groups in total. The van der Waals surface area contributed by atoms with Crippen LogP contribution in [0.15, 0.2) is 47.1 Å². The second-order valence-electron chi connectivity index (χ2n) is 3.84. The molecule has 0 unspecified atom stereocenters. The number of carbonyl (C=O) groups is 2. The van der Waals surface area contributed by atoms with E-state index in [9.17, 15) is 9.59 Å². The average Bonchev–Trinajstić information content (AvgIpc) is 2.73. The van der Waals surface area contributed by atoms with Crippen LogP contribution in [0.4, 0.5) is 0 Å². The highest BCUT2D eigenvalue weighted by molar-refractivity contribution is 6.22. The highest BCUT2D eigenvalue weighted by Gasteiger charge is 2.26. The second-order valence-corrected chi connectivity index (χ2v) is 3.84. The van der Waals surface area contributed by atoms with Crippen molar-refractivity contribution in [3.8, 4) is 0 Å². The third-order valence-electron chi connectivity index (χ3n) is 2.93. The molecule has 76 valence electrons. The van der Waals surface area contributed by atoms with Crippen molar-refractivity contribution in [3.63, 3.8) is 0 Å². The SMILES string of the molecule is CC1=C(C)C(=O)C(C2C=CC=C2)=CC1=O. The van der Waals surface area contributed by atoms with Crippen LogP contribution < -0.4 is 0 Å². The van der Waals surface area contributed by atoms with E-state index in [1.54, 1.807) is 13.8 Å². The molecule has 0 atom stereocenters. The van der Waals surface area contributed by atoms with Gasteiger partial charge in [0.25, 0.3) is 0 Å². The molecule has 0 saturated heterocycles. The van der Waals surface area contributed by atoms with Gasteiger partial charge in [0.05, 0.1) is 0 Å². The van der Waals surface area contributed by atoms with E-state index in [0.717, 1.165) is 0 Å². The molecule has 2 heteroatoms. The maximum atomic E-state index is 11.9. The maximum absolute atomic E-state index is 11.9. The van der Waals surface area contributed by atoms with E-state index >= 15 is 0 Å². The molecule has 0 bridgehead atoms. The monoisotopic (exact) mass is 200 g/mol. The lowest BCUT2D eigenvalue weighted by atomic mass is 9.85. The van der Waals surface area contributed by atoms with Crippen LogP contribution in [0.2, 0.25) is 0 Å². The van der Waals surface area contributed by atoms with Crippen LogP contribution in [0.25, 0.3) is 0 Å². The smallest absolute Gasteiger partial charge is 0.186 e. The molecule has 2 nitrogen and oxygen atoms in total. The van der Waals surface area contributed by atoms with Gasteiger partial charge in [-0.1, -0.05) is 24.3 Å². The predicted molar refractivity (Wildman–Crippen MR) is 58.2 cm³/mol. The Hall–Kier alpha value is -1.70. The second kappa shape index (κ2) is 3.46. The van der Waals surface area contributed by atoms with Crippen molar-refractivity contribution in [2.75, 3.05) is 0 Å².